The minimum absolute atomic E-state index is 0.0320. The second-order valence-corrected chi connectivity index (χ2v) is 4.56. The SMILES string of the molecule is O=C(O)c1cc(CCCc2ccnc(C(=O)O)c2)ccn1. The second kappa shape index (κ2) is 6.60. The van der Waals surface area contributed by atoms with Gasteiger partial charge in [0.05, 0.1) is 0 Å². The van der Waals surface area contributed by atoms with Crippen LogP contribution in [0.25, 0.3) is 0 Å². The Labute approximate surface area is 121 Å². The zero-order valence-electron chi connectivity index (χ0n) is 11.2. The van der Waals surface area contributed by atoms with Crippen molar-refractivity contribution < 1.29 is 19.8 Å². The predicted molar refractivity (Wildman–Crippen MR) is 74.4 cm³/mol. The van der Waals surface area contributed by atoms with Crippen LogP contribution in [0, 0.1) is 0 Å². The summed E-state index contributed by atoms with van der Waals surface area (Å²) in [6.07, 6.45) is 5.15. The molecule has 2 aromatic rings. The van der Waals surface area contributed by atoms with Gasteiger partial charge in [0.15, 0.2) is 0 Å². The molecule has 6 heteroatoms. The Bertz CT molecular complexity index is 613. The van der Waals surface area contributed by atoms with Crippen molar-refractivity contribution in [2.24, 2.45) is 0 Å². The van der Waals surface area contributed by atoms with Crippen molar-refractivity contribution in [1.29, 1.82) is 0 Å². The van der Waals surface area contributed by atoms with Gasteiger partial charge >= 0.3 is 11.9 Å². The molecular weight excluding hydrogens is 272 g/mol. The number of aryl methyl sites for hydroxylation is 2. The van der Waals surface area contributed by atoms with Crippen LogP contribution in [-0.4, -0.2) is 32.1 Å². The standard InChI is InChI=1S/C15H14N2O4/c18-14(19)12-8-10(4-6-16-12)2-1-3-11-5-7-17-13(9-11)15(20)21/h4-9H,1-3H2,(H,18,19)(H,20,21). The normalized spacial score (nSPS) is 10.3. The first-order valence-corrected chi connectivity index (χ1v) is 6.42. The number of rotatable bonds is 6. The maximum absolute atomic E-state index is 10.8. The molecule has 0 unspecified atom stereocenters. The average Bonchev–Trinajstić information content (AvgIpc) is 2.48. The van der Waals surface area contributed by atoms with Crippen molar-refractivity contribution in [2.75, 3.05) is 0 Å². The smallest absolute Gasteiger partial charge is 0.354 e. The van der Waals surface area contributed by atoms with Crippen molar-refractivity contribution >= 4 is 11.9 Å². The van der Waals surface area contributed by atoms with E-state index in [4.69, 9.17) is 10.2 Å². The quantitative estimate of drug-likeness (QED) is 0.842. The lowest BCUT2D eigenvalue weighted by Gasteiger charge is -2.04. The topological polar surface area (TPSA) is 100 Å². The first-order valence-electron chi connectivity index (χ1n) is 6.42. The highest BCUT2D eigenvalue weighted by Gasteiger charge is 2.06. The average molecular weight is 286 g/mol. The van der Waals surface area contributed by atoms with Crippen molar-refractivity contribution in [3.8, 4) is 0 Å². The molecule has 0 fully saturated rings. The monoisotopic (exact) mass is 286 g/mol. The molecule has 0 aromatic carbocycles. The molecule has 0 aliphatic carbocycles. The Morgan fingerprint density at radius 1 is 0.857 bits per heavy atom. The van der Waals surface area contributed by atoms with Crippen molar-refractivity contribution in [1.82, 2.24) is 9.97 Å². The van der Waals surface area contributed by atoms with Gasteiger partial charge in [-0.2, -0.15) is 0 Å². The molecule has 6 nitrogen and oxygen atoms in total. The first kappa shape index (κ1) is 14.6. The molecule has 21 heavy (non-hydrogen) atoms. The third-order valence-electron chi connectivity index (χ3n) is 3.02. The molecule has 0 saturated heterocycles. The highest BCUT2D eigenvalue weighted by molar-refractivity contribution is 5.85. The highest BCUT2D eigenvalue weighted by Crippen LogP contribution is 2.10. The summed E-state index contributed by atoms with van der Waals surface area (Å²) in [7, 11) is 0. The summed E-state index contributed by atoms with van der Waals surface area (Å²) in [6, 6.07) is 6.67. The first-order chi connectivity index (χ1) is 10.1. The van der Waals surface area contributed by atoms with Crippen LogP contribution < -0.4 is 0 Å². The Morgan fingerprint density at radius 2 is 1.29 bits per heavy atom. The van der Waals surface area contributed by atoms with E-state index in [2.05, 4.69) is 9.97 Å². The minimum atomic E-state index is -1.04. The summed E-state index contributed by atoms with van der Waals surface area (Å²) in [5, 5.41) is 17.7. The molecule has 0 saturated carbocycles. The molecule has 0 amide bonds. The van der Waals surface area contributed by atoms with Crippen LogP contribution >= 0.6 is 0 Å². The largest absolute Gasteiger partial charge is 0.477 e. The summed E-state index contributed by atoms with van der Waals surface area (Å²) < 4.78 is 0. The Balaban J connectivity index is 1.95. The van der Waals surface area contributed by atoms with Gasteiger partial charge in [-0.1, -0.05) is 0 Å². The van der Waals surface area contributed by atoms with Crippen molar-refractivity contribution in [3.05, 3.63) is 59.2 Å². The van der Waals surface area contributed by atoms with Gasteiger partial charge in [0, 0.05) is 12.4 Å². The number of nitrogens with zero attached hydrogens (tertiary/aromatic N) is 2. The molecule has 0 aliphatic rings. The molecule has 108 valence electrons. The fourth-order valence-electron chi connectivity index (χ4n) is 1.99. The second-order valence-electron chi connectivity index (χ2n) is 4.56. The van der Waals surface area contributed by atoms with E-state index >= 15 is 0 Å². The third-order valence-corrected chi connectivity index (χ3v) is 3.02. The van der Waals surface area contributed by atoms with E-state index < -0.39 is 11.9 Å². The Kier molecular flexibility index (Phi) is 4.61. The lowest BCUT2D eigenvalue weighted by molar-refractivity contribution is 0.0679. The molecule has 2 aromatic heterocycles. The molecule has 0 atom stereocenters. The summed E-state index contributed by atoms with van der Waals surface area (Å²) in [5.74, 6) is -2.09. The summed E-state index contributed by atoms with van der Waals surface area (Å²) in [4.78, 5) is 29.2. The van der Waals surface area contributed by atoms with Gasteiger partial charge in [0.25, 0.3) is 0 Å². The van der Waals surface area contributed by atoms with Gasteiger partial charge in [0.2, 0.25) is 0 Å². The number of aromatic carboxylic acids is 2. The Morgan fingerprint density at radius 3 is 1.67 bits per heavy atom. The van der Waals surface area contributed by atoms with E-state index in [0.717, 1.165) is 17.5 Å². The van der Waals surface area contributed by atoms with Crippen LogP contribution in [0.4, 0.5) is 0 Å². The van der Waals surface area contributed by atoms with E-state index in [-0.39, 0.29) is 11.4 Å². The fraction of sp³-hybridized carbons (Fsp3) is 0.200. The van der Waals surface area contributed by atoms with Crippen LogP contribution in [0.3, 0.4) is 0 Å². The zero-order valence-corrected chi connectivity index (χ0v) is 11.2. The lowest BCUT2D eigenvalue weighted by Crippen LogP contribution is -2.02. The molecule has 0 aliphatic heterocycles. The van der Waals surface area contributed by atoms with Crippen LogP contribution in [0.2, 0.25) is 0 Å². The number of hydrogen-bond acceptors (Lipinski definition) is 4. The van der Waals surface area contributed by atoms with Crippen LogP contribution in [-0.2, 0) is 12.8 Å². The number of aromatic nitrogens is 2. The highest BCUT2D eigenvalue weighted by atomic mass is 16.4. The number of carboxylic acid groups (broad SMARTS) is 2. The zero-order chi connectivity index (χ0) is 15.2. The van der Waals surface area contributed by atoms with Gasteiger partial charge in [-0.3, -0.25) is 0 Å². The number of carboxylic acids is 2. The van der Waals surface area contributed by atoms with Gasteiger partial charge in [-0.25, -0.2) is 19.6 Å². The molecule has 2 heterocycles. The molecular formula is C15H14N2O4. The molecule has 2 N–H and O–H groups in total. The molecule has 0 spiro atoms. The summed E-state index contributed by atoms with van der Waals surface area (Å²) in [6.45, 7) is 0. The van der Waals surface area contributed by atoms with Gasteiger partial charge in [-0.05, 0) is 54.7 Å². The lowest BCUT2D eigenvalue weighted by atomic mass is 10.0. The van der Waals surface area contributed by atoms with E-state index in [9.17, 15) is 9.59 Å². The molecule has 0 radical (unpaired) electrons. The Hall–Kier alpha value is -2.76. The number of carbonyl (C=O) groups is 2. The third kappa shape index (κ3) is 4.10. The fourth-order valence-corrected chi connectivity index (χ4v) is 1.99. The minimum Gasteiger partial charge on any atom is -0.477 e. The predicted octanol–water partition coefficient (Wildman–Crippen LogP) is 2.05. The van der Waals surface area contributed by atoms with E-state index in [1.807, 2.05) is 0 Å². The van der Waals surface area contributed by atoms with E-state index in [1.54, 1.807) is 24.3 Å². The molecule has 2 rings (SSSR count). The maximum atomic E-state index is 10.8. The number of pyridine rings is 2. The van der Waals surface area contributed by atoms with Crippen molar-refractivity contribution in [3.63, 3.8) is 0 Å². The van der Waals surface area contributed by atoms with E-state index in [1.165, 1.54) is 12.4 Å². The van der Waals surface area contributed by atoms with Crippen LogP contribution in [0.5, 0.6) is 0 Å². The van der Waals surface area contributed by atoms with E-state index in [0.29, 0.717) is 12.8 Å². The van der Waals surface area contributed by atoms with Gasteiger partial charge in [0.1, 0.15) is 11.4 Å². The number of hydrogen-bond donors (Lipinski definition) is 2. The van der Waals surface area contributed by atoms with Crippen LogP contribution in [0.15, 0.2) is 36.7 Å². The summed E-state index contributed by atoms with van der Waals surface area (Å²) >= 11 is 0. The van der Waals surface area contributed by atoms with Gasteiger partial charge in [-0.15, -0.1) is 0 Å². The van der Waals surface area contributed by atoms with Crippen LogP contribution in [0.1, 0.15) is 38.5 Å². The summed E-state index contributed by atoms with van der Waals surface area (Å²) in [5.41, 5.74) is 1.86. The van der Waals surface area contributed by atoms with Gasteiger partial charge < -0.3 is 10.2 Å². The molecule has 0 bridgehead atoms. The maximum Gasteiger partial charge on any atom is 0.354 e. The van der Waals surface area contributed by atoms with Crippen molar-refractivity contribution in [2.45, 2.75) is 19.3 Å².